The number of rotatable bonds is 1. The van der Waals surface area contributed by atoms with Crippen LogP contribution >= 0.6 is 15.9 Å². The van der Waals surface area contributed by atoms with Crippen LogP contribution in [0.1, 0.15) is 6.42 Å². The van der Waals surface area contributed by atoms with Crippen molar-refractivity contribution < 1.29 is 0 Å². The third kappa shape index (κ3) is 1.35. The number of piperidine rings is 1. The summed E-state index contributed by atoms with van der Waals surface area (Å²) in [5.74, 6) is 3.09. The zero-order chi connectivity index (χ0) is 8.84. The van der Waals surface area contributed by atoms with Gasteiger partial charge in [0.25, 0.3) is 0 Å². The minimum atomic E-state index is 0.977. The molecule has 1 aliphatic carbocycles. The summed E-state index contributed by atoms with van der Waals surface area (Å²) in [6.45, 7) is 2.44. The molecule has 1 aliphatic heterocycles. The van der Waals surface area contributed by atoms with Gasteiger partial charge in [-0.2, -0.15) is 0 Å². The molecule has 68 valence electrons. The molecular formula is C10H11BrN2. The molecule has 1 saturated carbocycles. The molecule has 0 radical (unpaired) electrons. The summed E-state index contributed by atoms with van der Waals surface area (Å²) in [7, 11) is 0. The average molecular weight is 239 g/mol. The lowest BCUT2D eigenvalue weighted by atomic mass is 10.4. The van der Waals surface area contributed by atoms with Crippen molar-refractivity contribution in [1.29, 1.82) is 0 Å². The lowest BCUT2D eigenvalue weighted by Crippen LogP contribution is -2.22. The Bertz CT molecular complexity index is 312. The van der Waals surface area contributed by atoms with Crippen LogP contribution in [0, 0.1) is 11.8 Å². The molecule has 3 heteroatoms. The Balaban J connectivity index is 1.81. The first-order valence-electron chi connectivity index (χ1n) is 4.69. The van der Waals surface area contributed by atoms with Gasteiger partial charge in [0.15, 0.2) is 0 Å². The van der Waals surface area contributed by atoms with Crippen molar-refractivity contribution in [3.63, 3.8) is 0 Å². The zero-order valence-corrected chi connectivity index (χ0v) is 8.87. The summed E-state index contributed by atoms with van der Waals surface area (Å²) in [6, 6.07) is 4.15. The van der Waals surface area contributed by atoms with E-state index in [0.29, 0.717) is 0 Å². The van der Waals surface area contributed by atoms with Crippen molar-refractivity contribution in [3.05, 3.63) is 22.8 Å². The number of fused-ring (bicyclic) bond motifs is 1. The number of halogens is 1. The molecule has 2 atom stereocenters. The average Bonchev–Trinajstić information content (AvgIpc) is 2.75. The highest BCUT2D eigenvalue weighted by Gasteiger charge is 2.45. The van der Waals surface area contributed by atoms with Gasteiger partial charge in [-0.25, -0.2) is 4.98 Å². The topological polar surface area (TPSA) is 16.1 Å². The van der Waals surface area contributed by atoms with E-state index in [1.165, 1.54) is 19.5 Å². The molecule has 0 aromatic carbocycles. The van der Waals surface area contributed by atoms with E-state index >= 15 is 0 Å². The van der Waals surface area contributed by atoms with Gasteiger partial charge in [-0.1, -0.05) is 0 Å². The lowest BCUT2D eigenvalue weighted by Gasteiger charge is -2.18. The molecule has 0 spiro atoms. The van der Waals surface area contributed by atoms with E-state index in [1.54, 1.807) is 0 Å². The van der Waals surface area contributed by atoms with Crippen LogP contribution in [0.2, 0.25) is 0 Å². The summed E-state index contributed by atoms with van der Waals surface area (Å²) < 4.78 is 1.06. The smallest absolute Gasteiger partial charge is 0.128 e. The summed E-state index contributed by atoms with van der Waals surface area (Å²) in [5, 5.41) is 0. The van der Waals surface area contributed by atoms with Crippen LogP contribution in [-0.4, -0.2) is 18.1 Å². The van der Waals surface area contributed by atoms with Crippen LogP contribution in [0.25, 0.3) is 0 Å². The number of pyridine rings is 1. The molecule has 3 rings (SSSR count). The molecule has 1 aromatic heterocycles. The second kappa shape index (κ2) is 2.71. The number of nitrogens with zero attached hydrogens (tertiary/aromatic N) is 2. The van der Waals surface area contributed by atoms with E-state index in [9.17, 15) is 0 Å². The van der Waals surface area contributed by atoms with Gasteiger partial charge in [0.1, 0.15) is 5.82 Å². The highest BCUT2D eigenvalue weighted by Crippen LogP contribution is 2.45. The van der Waals surface area contributed by atoms with Crippen molar-refractivity contribution >= 4 is 21.7 Å². The third-order valence-electron chi connectivity index (χ3n) is 3.01. The maximum atomic E-state index is 4.39. The standard InChI is InChI=1S/C10H11BrN2/c11-9-1-2-10(12-4-9)13-5-7-3-8(7)6-13/h1-2,4,7-8H,3,5-6H2/t7-,8+. The quantitative estimate of drug-likeness (QED) is 0.747. The molecular weight excluding hydrogens is 228 g/mol. The monoisotopic (exact) mass is 238 g/mol. The SMILES string of the molecule is Brc1ccc(N2C[C@H]3C[C@H]3C2)nc1. The minimum Gasteiger partial charge on any atom is -0.356 e. The molecule has 0 unspecified atom stereocenters. The lowest BCUT2D eigenvalue weighted by molar-refractivity contribution is 0.805. The number of anilines is 1. The van der Waals surface area contributed by atoms with Crippen LogP contribution in [0.4, 0.5) is 5.82 Å². The highest BCUT2D eigenvalue weighted by atomic mass is 79.9. The molecule has 13 heavy (non-hydrogen) atoms. The first-order valence-corrected chi connectivity index (χ1v) is 5.49. The molecule has 0 N–H and O–H groups in total. The molecule has 1 saturated heterocycles. The van der Waals surface area contributed by atoms with Gasteiger partial charge in [0.2, 0.25) is 0 Å². The Hall–Kier alpha value is -0.570. The summed E-state index contributed by atoms with van der Waals surface area (Å²) in [5.41, 5.74) is 0. The van der Waals surface area contributed by atoms with Gasteiger partial charge in [-0.05, 0) is 46.3 Å². The van der Waals surface area contributed by atoms with Gasteiger partial charge in [-0.3, -0.25) is 0 Å². The number of aromatic nitrogens is 1. The van der Waals surface area contributed by atoms with E-state index in [2.05, 4.69) is 37.9 Å². The van der Waals surface area contributed by atoms with Crippen molar-refractivity contribution in [3.8, 4) is 0 Å². The fraction of sp³-hybridized carbons (Fsp3) is 0.500. The number of hydrogen-bond acceptors (Lipinski definition) is 2. The normalized spacial score (nSPS) is 30.4. The van der Waals surface area contributed by atoms with Gasteiger partial charge >= 0.3 is 0 Å². The number of hydrogen-bond donors (Lipinski definition) is 0. The van der Waals surface area contributed by atoms with Gasteiger partial charge in [0, 0.05) is 23.8 Å². The second-order valence-electron chi connectivity index (χ2n) is 4.00. The first-order chi connectivity index (χ1) is 6.33. The van der Waals surface area contributed by atoms with Gasteiger partial charge in [0.05, 0.1) is 0 Å². The molecule has 2 fully saturated rings. The fourth-order valence-corrected chi connectivity index (χ4v) is 2.37. The van der Waals surface area contributed by atoms with Crippen LogP contribution in [-0.2, 0) is 0 Å². The van der Waals surface area contributed by atoms with E-state index < -0.39 is 0 Å². The molecule has 1 aromatic rings. The molecule has 2 aliphatic rings. The Kier molecular flexibility index (Phi) is 1.62. The molecule has 0 bridgehead atoms. The van der Waals surface area contributed by atoms with Crippen LogP contribution < -0.4 is 4.90 Å². The first kappa shape index (κ1) is 7.80. The summed E-state index contributed by atoms with van der Waals surface area (Å²) in [6.07, 6.45) is 3.33. The fourth-order valence-electron chi connectivity index (χ4n) is 2.14. The van der Waals surface area contributed by atoms with Crippen molar-refractivity contribution in [2.24, 2.45) is 11.8 Å². The van der Waals surface area contributed by atoms with Gasteiger partial charge in [-0.15, -0.1) is 0 Å². The molecule has 2 heterocycles. The van der Waals surface area contributed by atoms with E-state index in [1.807, 2.05) is 6.20 Å². The Morgan fingerprint density at radius 2 is 2.08 bits per heavy atom. The Morgan fingerprint density at radius 1 is 1.31 bits per heavy atom. The maximum absolute atomic E-state index is 4.39. The van der Waals surface area contributed by atoms with Crippen LogP contribution in [0.15, 0.2) is 22.8 Å². The summed E-state index contributed by atoms with van der Waals surface area (Å²) in [4.78, 5) is 6.79. The Labute approximate surface area is 86.1 Å². The van der Waals surface area contributed by atoms with Crippen LogP contribution in [0.3, 0.4) is 0 Å². The summed E-state index contributed by atoms with van der Waals surface area (Å²) >= 11 is 3.39. The predicted octanol–water partition coefficient (Wildman–Crippen LogP) is 2.30. The van der Waals surface area contributed by atoms with E-state index in [0.717, 1.165) is 22.1 Å². The maximum Gasteiger partial charge on any atom is 0.128 e. The zero-order valence-electron chi connectivity index (χ0n) is 7.28. The second-order valence-corrected chi connectivity index (χ2v) is 4.91. The predicted molar refractivity (Wildman–Crippen MR) is 55.7 cm³/mol. The molecule has 0 amide bonds. The van der Waals surface area contributed by atoms with Crippen LogP contribution in [0.5, 0.6) is 0 Å². The highest BCUT2D eigenvalue weighted by molar-refractivity contribution is 9.10. The van der Waals surface area contributed by atoms with E-state index in [4.69, 9.17) is 0 Å². The van der Waals surface area contributed by atoms with Crippen molar-refractivity contribution in [1.82, 2.24) is 4.98 Å². The van der Waals surface area contributed by atoms with E-state index in [-0.39, 0.29) is 0 Å². The van der Waals surface area contributed by atoms with Crippen molar-refractivity contribution in [2.45, 2.75) is 6.42 Å². The van der Waals surface area contributed by atoms with Gasteiger partial charge < -0.3 is 4.90 Å². The largest absolute Gasteiger partial charge is 0.356 e. The van der Waals surface area contributed by atoms with Crippen molar-refractivity contribution in [2.75, 3.05) is 18.0 Å². The third-order valence-corrected chi connectivity index (χ3v) is 3.48. The Morgan fingerprint density at radius 3 is 2.69 bits per heavy atom. The minimum absolute atomic E-state index is 0.977. The molecule has 2 nitrogen and oxygen atoms in total.